The van der Waals surface area contributed by atoms with Crippen LogP contribution < -0.4 is 17.0 Å². The van der Waals surface area contributed by atoms with Gasteiger partial charge in [0.2, 0.25) is 0 Å². The quantitative estimate of drug-likeness (QED) is 0.250. The highest BCUT2D eigenvalue weighted by atomic mass is 79.9. The van der Waals surface area contributed by atoms with Crippen molar-refractivity contribution in [2.75, 3.05) is 5.73 Å². The SMILES string of the molecule is CCCCCCCCCC(NN)c1cc(Br)ccc1N. The fraction of sp³-hybridized carbons (Fsp3) is 0.625. The summed E-state index contributed by atoms with van der Waals surface area (Å²) in [6.45, 7) is 2.25. The van der Waals surface area contributed by atoms with Gasteiger partial charge in [-0.05, 0) is 30.2 Å². The summed E-state index contributed by atoms with van der Waals surface area (Å²) in [6, 6.07) is 6.08. The molecule has 0 heterocycles. The summed E-state index contributed by atoms with van der Waals surface area (Å²) in [5.74, 6) is 5.68. The lowest BCUT2D eigenvalue weighted by Gasteiger charge is -2.18. The summed E-state index contributed by atoms with van der Waals surface area (Å²) in [4.78, 5) is 0. The summed E-state index contributed by atoms with van der Waals surface area (Å²) >= 11 is 3.49. The molecule has 1 aromatic rings. The molecular weight excluding hydrogens is 314 g/mol. The number of halogens is 1. The molecule has 0 aliphatic heterocycles. The van der Waals surface area contributed by atoms with Crippen molar-refractivity contribution in [2.45, 2.75) is 64.3 Å². The van der Waals surface area contributed by atoms with Gasteiger partial charge in [0, 0.05) is 16.2 Å². The zero-order chi connectivity index (χ0) is 14.8. The average Bonchev–Trinajstić information content (AvgIpc) is 2.45. The summed E-state index contributed by atoms with van der Waals surface area (Å²) in [7, 11) is 0. The van der Waals surface area contributed by atoms with Crippen molar-refractivity contribution in [3.8, 4) is 0 Å². The molecule has 0 saturated carbocycles. The molecular formula is C16H28BrN3. The Balaban J connectivity index is 2.34. The molecule has 0 radical (unpaired) electrons. The van der Waals surface area contributed by atoms with E-state index in [0.717, 1.165) is 22.1 Å². The van der Waals surface area contributed by atoms with Crippen LogP contribution in [0, 0.1) is 0 Å². The number of benzene rings is 1. The van der Waals surface area contributed by atoms with Gasteiger partial charge in [-0.25, -0.2) is 0 Å². The van der Waals surface area contributed by atoms with Crippen LogP contribution in [0.4, 0.5) is 5.69 Å². The van der Waals surface area contributed by atoms with E-state index in [9.17, 15) is 0 Å². The Hall–Kier alpha value is -0.580. The second-order valence-corrected chi connectivity index (χ2v) is 6.32. The van der Waals surface area contributed by atoms with Crippen LogP contribution in [0.15, 0.2) is 22.7 Å². The van der Waals surface area contributed by atoms with Gasteiger partial charge in [-0.15, -0.1) is 0 Å². The lowest BCUT2D eigenvalue weighted by molar-refractivity contribution is 0.476. The van der Waals surface area contributed by atoms with Gasteiger partial charge < -0.3 is 5.73 Å². The summed E-state index contributed by atoms with van der Waals surface area (Å²) in [5, 5.41) is 0. The molecule has 1 rings (SSSR count). The lowest BCUT2D eigenvalue weighted by Crippen LogP contribution is -2.28. The standard InChI is InChI=1S/C16H28BrN3/c1-2-3-4-5-6-7-8-9-16(20-19)14-12-13(17)10-11-15(14)18/h10-12,16,20H,2-9,18-19H2,1H3. The summed E-state index contributed by atoms with van der Waals surface area (Å²) < 4.78 is 1.04. The van der Waals surface area contributed by atoms with Crippen molar-refractivity contribution in [3.63, 3.8) is 0 Å². The Morgan fingerprint density at radius 2 is 1.75 bits per heavy atom. The topological polar surface area (TPSA) is 64.1 Å². The Kier molecular flexibility index (Phi) is 8.90. The van der Waals surface area contributed by atoms with Gasteiger partial charge in [-0.1, -0.05) is 67.8 Å². The monoisotopic (exact) mass is 341 g/mol. The molecule has 0 aromatic heterocycles. The number of nitrogens with two attached hydrogens (primary N) is 2. The van der Waals surface area contributed by atoms with Crippen molar-refractivity contribution in [3.05, 3.63) is 28.2 Å². The molecule has 0 spiro atoms. The van der Waals surface area contributed by atoms with Crippen molar-refractivity contribution in [1.29, 1.82) is 0 Å². The molecule has 0 amide bonds. The van der Waals surface area contributed by atoms with Gasteiger partial charge in [0.05, 0.1) is 0 Å². The zero-order valence-corrected chi connectivity index (χ0v) is 14.1. The molecule has 0 fully saturated rings. The minimum absolute atomic E-state index is 0.142. The van der Waals surface area contributed by atoms with Gasteiger partial charge in [0.15, 0.2) is 0 Å². The number of rotatable bonds is 10. The smallest absolute Gasteiger partial charge is 0.0480 e. The van der Waals surface area contributed by atoms with E-state index < -0.39 is 0 Å². The third-order valence-corrected chi connectivity index (χ3v) is 4.22. The maximum absolute atomic E-state index is 6.03. The van der Waals surface area contributed by atoms with Crippen LogP contribution in [0.2, 0.25) is 0 Å². The summed E-state index contributed by atoms with van der Waals surface area (Å²) in [5.41, 5.74) is 10.8. The first-order valence-corrected chi connectivity index (χ1v) is 8.49. The molecule has 5 N–H and O–H groups in total. The van der Waals surface area contributed by atoms with E-state index in [1.54, 1.807) is 0 Å². The molecule has 0 aliphatic carbocycles. The van der Waals surface area contributed by atoms with Crippen LogP contribution >= 0.6 is 15.9 Å². The minimum Gasteiger partial charge on any atom is -0.398 e. The first-order chi connectivity index (χ1) is 9.69. The van der Waals surface area contributed by atoms with E-state index >= 15 is 0 Å². The number of unbranched alkanes of at least 4 members (excludes halogenated alkanes) is 6. The Morgan fingerprint density at radius 1 is 1.10 bits per heavy atom. The molecule has 1 aromatic carbocycles. The van der Waals surface area contributed by atoms with Crippen molar-refractivity contribution >= 4 is 21.6 Å². The van der Waals surface area contributed by atoms with Crippen molar-refractivity contribution in [1.82, 2.24) is 5.43 Å². The van der Waals surface area contributed by atoms with E-state index in [0.29, 0.717) is 0 Å². The first-order valence-electron chi connectivity index (χ1n) is 7.70. The van der Waals surface area contributed by atoms with Crippen LogP contribution in [-0.2, 0) is 0 Å². The van der Waals surface area contributed by atoms with E-state index in [1.165, 1.54) is 44.9 Å². The molecule has 0 bridgehead atoms. The molecule has 1 atom stereocenters. The molecule has 0 saturated heterocycles. The average molecular weight is 342 g/mol. The first kappa shape index (κ1) is 17.5. The fourth-order valence-electron chi connectivity index (χ4n) is 2.48. The second kappa shape index (κ2) is 10.2. The molecule has 4 heteroatoms. The molecule has 0 aliphatic rings. The van der Waals surface area contributed by atoms with E-state index in [2.05, 4.69) is 34.3 Å². The Morgan fingerprint density at radius 3 is 2.40 bits per heavy atom. The van der Waals surface area contributed by atoms with Gasteiger partial charge in [0.25, 0.3) is 0 Å². The highest BCUT2D eigenvalue weighted by Crippen LogP contribution is 2.27. The molecule has 1 unspecified atom stereocenters. The predicted molar refractivity (Wildman–Crippen MR) is 91.2 cm³/mol. The largest absolute Gasteiger partial charge is 0.398 e. The van der Waals surface area contributed by atoms with Crippen LogP contribution in [0.5, 0.6) is 0 Å². The highest BCUT2D eigenvalue weighted by molar-refractivity contribution is 9.10. The highest BCUT2D eigenvalue weighted by Gasteiger charge is 2.12. The number of nitrogen functional groups attached to an aromatic ring is 1. The molecule has 20 heavy (non-hydrogen) atoms. The third kappa shape index (κ3) is 6.25. The van der Waals surface area contributed by atoms with E-state index in [-0.39, 0.29) is 6.04 Å². The zero-order valence-electron chi connectivity index (χ0n) is 12.5. The molecule has 3 nitrogen and oxygen atoms in total. The number of hydrogen-bond donors (Lipinski definition) is 3. The van der Waals surface area contributed by atoms with Gasteiger partial charge in [-0.2, -0.15) is 0 Å². The van der Waals surface area contributed by atoms with Crippen LogP contribution in [0.3, 0.4) is 0 Å². The fourth-order valence-corrected chi connectivity index (χ4v) is 2.86. The third-order valence-electron chi connectivity index (χ3n) is 3.72. The van der Waals surface area contributed by atoms with Crippen LogP contribution in [-0.4, -0.2) is 0 Å². The van der Waals surface area contributed by atoms with E-state index in [4.69, 9.17) is 11.6 Å². The summed E-state index contributed by atoms with van der Waals surface area (Å²) in [6.07, 6.45) is 10.2. The van der Waals surface area contributed by atoms with Crippen LogP contribution in [0.1, 0.15) is 69.9 Å². The van der Waals surface area contributed by atoms with E-state index in [1.807, 2.05) is 12.1 Å². The number of hydrazine groups is 1. The predicted octanol–water partition coefficient (Wildman–Crippen LogP) is 4.68. The normalized spacial score (nSPS) is 12.6. The maximum Gasteiger partial charge on any atom is 0.0480 e. The van der Waals surface area contributed by atoms with Crippen molar-refractivity contribution in [2.24, 2.45) is 5.84 Å². The maximum atomic E-state index is 6.03. The molecule has 114 valence electrons. The Bertz CT molecular complexity index is 382. The minimum atomic E-state index is 0.142. The number of hydrogen-bond acceptors (Lipinski definition) is 3. The number of anilines is 1. The van der Waals surface area contributed by atoms with Gasteiger partial charge >= 0.3 is 0 Å². The second-order valence-electron chi connectivity index (χ2n) is 5.40. The van der Waals surface area contributed by atoms with Gasteiger partial charge in [-0.3, -0.25) is 11.3 Å². The lowest BCUT2D eigenvalue weighted by atomic mass is 9.98. The van der Waals surface area contributed by atoms with Gasteiger partial charge in [0.1, 0.15) is 0 Å². The number of nitrogens with one attached hydrogen (secondary N) is 1. The van der Waals surface area contributed by atoms with Crippen molar-refractivity contribution < 1.29 is 0 Å². The Labute approximate surface area is 131 Å². The van der Waals surface area contributed by atoms with Crippen LogP contribution in [0.25, 0.3) is 0 Å².